The van der Waals surface area contributed by atoms with E-state index in [1.54, 1.807) is 0 Å². The molecule has 5 nitrogen and oxygen atoms in total. The molecule has 148 valence electrons. The number of hydrogen-bond acceptors (Lipinski definition) is 2. The van der Waals surface area contributed by atoms with Crippen molar-refractivity contribution in [2.75, 3.05) is 26.2 Å². The molecule has 1 N–H and O–H groups in total. The number of guanidine groups is 1. The quantitative estimate of drug-likeness (QED) is 0.336. The van der Waals surface area contributed by atoms with E-state index in [-0.39, 0.29) is 24.0 Å². The molecule has 0 aliphatic carbocycles. The van der Waals surface area contributed by atoms with Gasteiger partial charge in [-0.15, -0.1) is 24.0 Å². The van der Waals surface area contributed by atoms with Gasteiger partial charge in [0.25, 0.3) is 0 Å². The van der Waals surface area contributed by atoms with Crippen molar-refractivity contribution < 1.29 is 0 Å². The zero-order valence-corrected chi connectivity index (χ0v) is 18.6. The van der Waals surface area contributed by atoms with Crippen LogP contribution in [0, 0.1) is 0 Å². The molecule has 0 spiro atoms. The average Bonchev–Trinajstić information content (AvgIpc) is 3.35. The minimum absolute atomic E-state index is 0. The SMILES string of the molecule is CCNC(=NCCc1cn2ccccc2n1)N1CCC(c2ccccc2)C1.I. The Morgan fingerprint density at radius 1 is 1.18 bits per heavy atom. The van der Waals surface area contributed by atoms with E-state index < -0.39 is 0 Å². The molecule has 0 amide bonds. The Bertz CT molecular complexity index is 872. The summed E-state index contributed by atoms with van der Waals surface area (Å²) in [6, 6.07) is 16.9. The predicted octanol–water partition coefficient (Wildman–Crippen LogP) is 3.95. The van der Waals surface area contributed by atoms with Gasteiger partial charge in [0, 0.05) is 50.9 Å². The molecule has 0 bridgehead atoms. The van der Waals surface area contributed by atoms with Crippen LogP contribution in [-0.4, -0.2) is 46.4 Å². The highest BCUT2D eigenvalue weighted by atomic mass is 127. The molecule has 0 radical (unpaired) electrons. The summed E-state index contributed by atoms with van der Waals surface area (Å²) in [6.45, 7) is 5.85. The molecule has 1 unspecified atom stereocenters. The molecular formula is C22H28IN5. The van der Waals surface area contributed by atoms with Crippen LogP contribution in [0.2, 0.25) is 0 Å². The van der Waals surface area contributed by atoms with Gasteiger partial charge in [0.05, 0.1) is 5.69 Å². The fourth-order valence-electron chi connectivity index (χ4n) is 3.76. The van der Waals surface area contributed by atoms with Gasteiger partial charge in [0.2, 0.25) is 0 Å². The van der Waals surface area contributed by atoms with E-state index in [1.165, 1.54) is 12.0 Å². The fourth-order valence-corrected chi connectivity index (χ4v) is 3.76. The Kier molecular flexibility index (Phi) is 7.30. The molecule has 1 fully saturated rings. The largest absolute Gasteiger partial charge is 0.357 e. The number of imidazole rings is 1. The third-order valence-corrected chi connectivity index (χ3v) is 5.14. The molecule has 1 saturated heterocycles. The Morgan fingerprint density at radius 3 is 2.79 bits per heavy atom. The molecule has 1 atom stereocenters. The van der Waals surface area contributed by atoms with Crippen molar-refractivity contribution in [1.29, 1.82) is 0 Å². The Morgan fingerprint density at radius 2 is 2.00 bits per heavy atom. The van der Waals surface area contributed by atoms with Gasteiger partial charge in [-0.2, -0.15) is 0 Å². The van der Waals surface area contributed by atoms with Gasteiger partial charge in [0.15, 0.2) is 5.96 Å². The van der Waals surface area contributed by atoms with Crippen LogP contribution in [0.5, 0.6) is 0 Å². The van der Waals surface area contributed by atoms with E-state index in [1.807, 2.05) is 24.4 Å². The standard InChI is InChI=1S/C22H27N5.HI/c1-2-23-22(27-15-12-19(16-27)18-8-4-3-5-9-18)24-13-11-20-17-26-14-7-6-10-21(26)25-20;/h3-10,14,17,19H,2,11-13,15-16H2,1H3,(H,23,24);1H. The number of aliphatic imine (C=N–C) groups is 1. The summed E-state index contributed by atoms with van der Waals surface area (Å²) in [5, 5.41) is 3.46. The number of pyridine rings is 1. The topological polar surface area (TPSA) is 44.9 Å². The fraction of sp³-hybridized carbons (Fsp3) is 0.364. The van der Waals surface area contributed by atoms with E-state index >= 15 is 0 Å². The zero-order chi connectivity index (χ0) is 18.5. The lowest BCUT2D eigenvalue weighted by atomic mass is 9.99. The Balaban J connectivity index is 0.00000225. The number of nitrogens with one attached hydrogen (secondary N) is 1. The maximum atomic E-state index is 4.87. The van der Waals surface area contributed by atoms with Gasteiger partial charge in [-0.05, 0) is 31.0 Å². The number of aromatic nitrogens is 2. The predicted molar refractivity (Wildman–Crippen MR) is 126 cm³/mol. The summed E-state index contributed by atoms with van der Waals surface area (Å²) in [5.74, 6) is 1.62. The lowest BCUT2D eigenvalue weighted by Crippen LogP contribution is -2.40. The lowest BCUT2D eigenvalue weighted by molar-refractivity contribution is 0.486. The van der Waals surface area contributed by atoms with E-state index in [0.29, 0.717) is 5.92 Å². The monoisotopic (exact) mass is 489 g/mol. The van der Waals surface area contributed by atoms with Crippen LogP contribution in [0.3, 0.4) is 0 Å². The van der Waals surface area contributed by atoms with E-state index in [0.717, 1.165) is 49.9 Å². The van der Waals surface area contributed by atoms with Gasteiger partial charge in [-0.3, -0.25) is 4.99 Å². The van der Waals surface area contributed by atoms with Crippen molar-refractivity contribution in [2.45, 2.75) is 25.7 Å². The lowest BCUT2D eigenvalue weighted by Gasteiger charge is -2.21. The second-order valence-electron chi connectivity index (χ2n) is 7.03. The highest BCUT2D eigenvalue weighted by Gasteiger charge is 2.25. The summed E-state index contributed by atoms with van der Waals surface area (Å²) in [4.78, 5) is 11.9. The smallest absolute Gasteiger partial charge is 0.193 e. The summed E-state index contributed by atoms with van der Waals surface area (Å²) < 4.78 is 2.06. The maximum absolute atomic E-state index is 4.87. The number of benzene rings is 1. The first-order valence-electron chi connectivity index (χ1n) is 9.84. The van der Waals surface area contributed by atoms with Gasteiger partial charge in [-0.1, -0.05) is 36.4 Å². The molecule has 1 aliphatic heterocycles. The molecule has 1 aliphatic rings. The number of rotatable bonds is 5. The zero-order valence-electron chi connectivity index (χ0n) is 16.3. The van der Waals surface area contributed by atoms with Gasteiger partial charge < -0.3 is 14.6 Å². The van der Waals surface area contributed by atoms with Crippen molar-refractivity contribution >= 4 is 35.6 Å². The molecule has 4 rings (SSSR count). The Labute approximate surface area is 183 Å². The first-order chi connectivity index (χ1) is 13.3. The summed E-state index contributed by atoms with van der Waals surface area (Å²) in [7, 11) is 0. The molecule has 28 heavy (non-hydrogen) atoms. The van der Waals surface area contributed by atoms with Crippen LogP contribution < -0.4 is 5.32 Å². The van der Waals surface area contributed by atoms with E-state index in [2.05, 4.69) is 63.1 Å². The molecule has 2 aromatic heterocycles. The molecule has 3 aromatic rings. The second kappa shape index (κ2) is 9.91. The molecule has 6 heteroatoms. The second-order valence-corrected chi connectivity index (χ2v) is 7.03. The molecule has 1 aromatic carbocycles. The van der Waals surface area contributed by atoms with Crippen molar-refractivity contribution in [3.05, 3.63) is 72.2 Å². The number of hydrogen-bond donors (Lipinski definition) is 1. The summed E-state index contributed by atoms with van der Waals surface area (Å²) in [5.41, 5.74) is 3.51. The minimum atomic E-state index is 0. The molecular weight excluding hydrogens is 461 g/mol. The average molecular weight is 489 g/mol. The maximum Gasteiger partial charge on any atom is 0.193 e. The van der Waals surface area contributed by atoms with Crippen LogP contribution in [0.4, 0.5) is 0 Å². The number of fused-ring (bicyclic) bond motifs is 1. The molecule has 0 saturated carbocycles. The van der Waals surface area contributed by atoms with Crippen molar-refractivity contribution in [2.24, 2.45) is 4.99 Å². The number of nitrogens with zero attached hydrogens (tertiary/aromatic N) is 4. The summed E-state index contributed by atoms with van der Waals surface area (Å²) >= 11 is 0. The minimum Gasteiger partial charge on any atom is -0.357 e. The highest BCUT2D eigenvalue weighted by molar-refractivity contribution is 14.0. The van der Waals surface area contributed by atoms with Gasteiger partial charge >= 0.3 is 0 Å². The third kappa shape index (κ3) is 4.84. The van der Waals surface area contributed by atoms with Gasteiger partial charge in [-0.25, -0.2) is 4.98 Å². The van der Waals surface area contributed by atoms with Gasteiger partial charge in [0.1, 0.15) is 5.65 Å². The van der Waals surface area contributed by atoms with Crippen LogP contribution in [0.1, 0.15) is 30.5 Å². The first kappa shape index (κ1) is 20.6. The third-order valence-electron chi connectivity index (χ3n) is 5.14. The highest BCUT2D eigenvalue weighted by Crippen LogP contribution is 2.26. The van der Waals surface area contributed by atoms with Crippen molar-refractivity contribution in [1.82, 2.24) is 19.6 Å². The normalized spacial score (nSPS) is 17.0. The van der Waals surface area contributed by atoms with Crippen molar-refractivity contribution in [3.8, 4) is 0 Å². The number of likely N-dealkylation sites (tertiary alicyclic amines) is 1. The van der Waals surface area contributed by atoms with Crippen LogP contribution in [0.25, 0.3) is 5.65 Å². The summed E-state index contributed by atoms with van der Waals surface area (Å²) in [6.07, 6.45) is 6.17. The van der Waals surface area contributed by atoms with Crippen LogP contribution >= 0.6 is 24.0 Å². The van der Waals surface area contributed by atoms with E-state index in [9.17, 15) is 0 Å². The van der Waals surface area contributed by atoms with Crippen LogP contribution in [-0.2, 0) is 6.42 Å². The first-order valence-corrected chi connectivity index (χ1v) is 9.84. The Hall–Kier alpha value is -2.09. The number of halogens is 1. The van der Waals surface area contributed by atoms with E-state index in [4.69, 9.17) is 4.99 Å². The van der Waals surface area contributed by atoms with Crippen molar-refractivity contribution in [3.63, 3.8) is 0 Å². The van der Waals surface area contributed by atoms with Crippen LogP contribution in [0.15, 0.2) is 65.9 Å². The molecule has 3 heterocycles.